The minimum absolute atomic E-state index is 0.00598. The molecule has 1 aromatic heterocycles. The molecule has 2 aromatic rings. The number of nitrogens with zero attached hydrogens (tertiary/aromatic N) is 5. The maximum absolute atomic E-state index is 12.2. The number of aromatic nitrogens is 4. The first-order chi connectivity index (χ1) is 12.2. The Hall–Kier alpha value is -2.42. The highest BCUT2D eigenvalue weighted by molar-refractivity contribution is 8.00. The predicted octanol–water partition coefficient (Wildman–Crippen LogP) is 1.66. The van der Waals surface area contributed by atoms with E-state index in [1.807, 2.05) is 24.3 Å². The Morgan fingerprint density at radius 2 is 2.20 bits per heavy atom. The Morgan fingerprint density at radius 1 is 1.36 bits per heavy atom. The summed E-state index contributed by atoms with van der Waals surface area (Å²) in [5.41, 5.74) is 0.744. The molecule has 0 saturated heterocycles. The van der Waals surface area contributed by atoms with E-state index in [1.165, 1.54) is 16.7 Å². The number of hydrogen-bond donors (Lipinski definition) is 0. The molecular formula is C16H19N5O3S. The number of amides is 1. The van der Waals surface area contributed by atoms with Crippen LogP contribution in [0.1, 0.15) is 25.6 Å². The molecule has 8 nitrogen and oxygen atoms in total. The van der Waals surface area contributed by atoms with E-state index < -0.39 is 5.97 Å². The van der Waals surface area contributed by atoms with Gasteiger partial charge in [0.25, 0.3) is 0 Å². The average molecular weight is 361 g/mol. The van der Waals surface area contributed by atoms with Crippen LogP contribution in [-0.2, 0) is 27.5 Å². The number of thioether (sulfide) groups is 1. The number of carbonyl (C=O) groups is 2. The summed E-state index contributed by atoms with van der Waals surface area (Å²) in [6, 6.07) is 7.52. The van der Waals surface area contributed by atoms with Crippen molar-refractivity contribution in [2.45, 2.75) is 37.8 Å². The van der Waals surface area contributed by atoms with Crippen molar-refractivity contribution in [1.29, 1.82) is 0 Å². The monoisotopic (exact) mass is 361 g/mol. The number of unbranched alkanes of at least 4 members (excludes halogenated alkanes) is 1. The average Bonchev–Trinajstić information content (AvgIpc) is 3.08. The maximum Gasteiger partial charge on any atom is 0.326 e. The number of anilines is 1. The first kappa shape index (κ1) is 17.4. The third-order valence-corrected chi connectivity index (χ3v) is 4.83. The summed E-state index contributed by atoms with van der Waals surface area (Å²) in [6.07, 6.45) is 1.97. The van der Waals surface area contributed by atoms with Gasteiger partial charge in [-0.1, -0.05) is 25.5 Å². The second-order valence-electron chi connectivity index (χ2n) is 5.57. The highest BCUT2D eigenvalue weighted by atomic mass is 32.2. The smallest absolute Gasteiger partial charge is 0.326 e. The van der Waals surface area contributed by atoms with E-state index in [-0.39, 0.29) is 19.1 Å². The fraction of sp³-hybridized carbons (Fsp3) is 0.438. The van der Waals surface area contributed by atoms with E-state index in [2.05, 4.69) is 22.4 Å². The van der Waals surface area contributed by atoms with Crippen LogP contribution >= 0.6 is 11.8 Å². The van der Waals surface area contributed by atoms with Crippen molar-refractivity contribution in [2.75, 3.05) is 17.2 Å². The molecule has 0 atom stereocenters. The highest BCUT2D eigenvalue weighted by Crippen LogP contribution is 2.34. The molecular weight excluding hydrogens is 342 g/mol. The molecule has 0 unspecified atom stereocenters. The summed E-state index contributed by atoms with van der Waals surface area (Å²) in [5, 5.41) is 11.4. The molecule has 1 amide bonds. The van der Waals surface area contributed by atoms with Crippen LogP contribution in [0.25, 0.3) is 0 Å². The van der Waals surface area contributed by atoms with Crippen LogP contribution in [0.2, 0.25) is 0 Å². The molecule has 0 radical (unpaired) electrons. The number of aryl methyl sites for hydroxylation is 1. The number of para-hydroxylation sites is 1. The van der Waals surface area contributed by atoms with Crippen LogP contribution in [0.15, 0.2) is 29.2 Å². The number of carbonyl (C=O) groups excluding carboxylic acids is 2. The van der Waals surface area contributed by atoms with Crippen molar-refractivity contribution in [3.63, 3.8) is 0 Å². The summed E-state index contributed by atoms with van der Waals surface area (Å²) in [5.74, 6) is 0.232. The van der Waals surface area contributed by atoms with Gasteiger partial charge >= 0.3 is 5.97 Å². The van der Waals surface area contributed by atoms with Gasteiger partial charge < -0.3 is 4.74 Å². The van der Waals surface area contributed by atoms with Crippen LogP contribution in [-0.4, -0.2) is 44.4 Å². The third-order valence-electron chi connectivity index (χ3n) is 3.79. The molecule has 0 N–H and O–H groups in total. The molecule has 0 spiro atoms. The lowest BCUT2D eigenvalue weighted by atomic mass is 10.2. The molecule has 9 heteroatoms. The third kappa shape index (κ3) is 4.16. The van der Waals surface area contributed by atoms with Crippen LogP contribution in [0.5, 0.6) is 0 Å². The van der Waals surface area contributed by atoms with Crippen molar-refractivity contribution in [3.8, 4) is 0 Å². The van der Waals surface area contributed by atoms with Crippen molar-refractivity contribution in [2.24, 2.45) is 0 Å². The zero-order valence-electron chi connectivity index (χ0n) is 13.9. The molecule has 0 aliphatic carbocycles. The number of fused-ring (bicyclic) bond motifs is 1. The van der Waals surface area contributed by atoms with Crippen LogP contribution in [0.3, 0.4) is 0 Å². The van der Waals surface area contributed by atoms with Gasteiger partial charge in [-0.2, -0.15) is 0 Å². The fourth-order valence-electron chi connectivity index (χ4n) is 2.46. The number of esters is 1. The summed E-state index contributed by atoms with van der Waals surface area (Å²) >= 11 is 1.48. The predicted molar refractivity (Wildman–Crippen MR) is 92.0 cm³/mol. The minimum atomic E-state index is -0.486. The lowest BCUT2D eigenvalue weighted by molar-refractivity contribution is -0.144. The fourth-order valence-corrected chi connectivity index (χ4v) is 3.39. The van der Waals surface area contributed by atoms with E-state index in [4.69, 9.17) is 4.74 Å². The Bertz CT molecular complexity index is 764. The van der Waals surface area contributed by atoms with Gasteiger partial charge in [0.1, 0.15) is 6.54 Å². The van der Waals surface area contributed by atoms with Gasteiger partial charge in [-0.15, -0.1) is 16.9 Å². The Morgan fingerprint density at radius 3 is 3.04 bits per heavy atom. The van der Waals surface area contributed by atoms with E-state index in [1.54, 1.807) is 4.68 Å². The van der Waals surface area contributed by atoms with Crippen LogP contribution < -0.4 is 4.90 Å². The van der Waals surface area contributed by atoms with E-state index in [0.717, 1.165) is 23.4 Å². The first-order valence-corrected chi connectivity index (χ1v) is 9.10. The topological polar surface area (TPSA) is 90.2 Å². The standard InChI is InChI=1S/C16H19N5O3S/c1-2-3-8-21-14(17-18-19-21)10-24-16(23)9-20-12-6-4-5-7-13(12)25-11-15(20)22/h4-7H,2-3,8-11H2,1H3. The molecule has 25 heavy (non-hydrogen) atoms. The summed E-state index contributed by atoms with van der Waals surface area (Å²) in [6.45, 7) is 2.64. The largest absolute Gasteiger partial charge is 0.456 e. The molecule has 3 rings (SSSR count). The zero-order chi connectivity index (χ0) is 17.6. The van der Waals surface area contributed by atoms with Gasteiger partial charge in [0.2, 0.25) is 5.91 Å². The summed E-state index contributed by atoms with van der Waals surface area (Å²) < 4.78 is 6.90. The molecule has 2 heterocycles. The normalized spacial score (nSPS) is 13.6. The molecule has 132 valence electrons. The van der Waals surface area contributed by atoms with Gasteiger partial charge in [-0.25, -0.2) is 4.68 Å². The SMILES string of the molecule is CCCCn1nnnc1COC(=O)CN1C(=O)CSc2ccccc21. The van der Waals surface area contributed by atoms with Crippen molar-refractivity contribution in [1.82, 2.24) is 20.2 Å². The molecule has 1 aromatic carbocycles. The van der Waals surface area contributed by atoms with E-state index >= 15 is 0 Å². The number of tetrazole rings is 1. The summed E-state index contributed by atoms with van der Waals surface area (Å²) in [7, 11) is 0. The Balaban J connectivity index is 1.60. The highest BCUT2D eigenvalue weighted by Gasteiger charge is 2.26. The number of rotatable bonds is 7. The van der Waals surface area contributed by atoms with Crippen LogP contribution in [0.4, 0.5) is 5.69 Å². The molecule has 0 saturated carbocycles. The molecule has 0 bridgehead atoms. The number of hydrogen-bond acceptors (Lipinski definition) is 7. The molecule has 1 aliphatic heterocycles. The van der Waals surface area contributed by atoms with Gasteiger partial charge in [0, 0.05) is 11.4 Å². The zero-order valence-corrected chi connectivity index (χ0v) is 14.7. The van der Waals surface area contributed by atoms with Gasteiger partial charge in [0.05, 0.1) is 11.4 Å². The quantitative estimate of drug-likeness (QED) is 0.693. The summed E-state index contributed by atoms with van der Waals surface area (Å²) in [4.78, 5) is 26.8. The van der Waals surface area contributed by atoms with Gasteiger partial charge in [-0.3, -0.25) is 14.5 Å². The minimum Gasteiger partial charge on any atom is -0.456 e. The van der Waals surface area contributed by atoms with E-state index in [9.17, 15) is 9.59 Å². The lowest BCUT2D eigenvalue weighted by Gasteiger charge is -2.27. The van der Waals surface area contributed by atoms with Crippen LogP contribution in [0, 0.1) is 0 Å². The molecule has 1 aliphatic rings. The van der Waals surface area contributed by atoms with Crippen molar-refractivity contribution < 1.29 is 14.3 Å². The Labute approximate surface area is 149 Å². The second kappa shape index (κ2) is 8.11. The lowest BCUT2D eigenvalue weighted by Crippen LogP contribution is -2.39. The van der Waals surface area contributed by atoms with Gasteiger partial charge in [-0.05, 0) is 29.0 Å². The van der Waals surface area contributed by atoms with Crippen molar-refractivity contribution in [3.05, 3.63) is 30.1 Å². The molecule has 0 fully saturated rings. The first-order valence-electron chi connectivity index (χ1n) is 8.12. The van der Waals surface area contributed by atoms with Gasteiger partial charge in [0.15, 0.2) is 12.4 Å². The Kier molecular flexibility index (Phi) is 5.64. The second-order valence-corrected chi connectivity index (χ2v) is 6.59. The number of ether oxygens (including phenoxy) is 1. The maximum atomic E-state index is 12.2. The van der Waals surface area contributed by atoms with E-state index in [0.29, 0.717) is 18.1 Å². The number of benzene rings is 1. The van der Waals surface area contributed by atoms with Crippen molar-refractivity contribution >= 4 is 29.3 Å².